The second kappa shape index (κ2) is 6.71. The molecule has 0 unspecified atom stereocenters. The summed E-state index contributed by atoms with van der Waals surface area (Å²) in [7, 11) is 4.00. The lowest BCUT2D eigenvalue weighted by atomic mass is 10.2. The third kappa shape index (κ3) is 5.86. The highest BCUT2D eigenvalue weighted by Crippen LogP contribution is 2.05. The van der Waals surface area contributed by atoms with Crippen LogP contribution in [-0.2, 0) is 0 Å². The van der Waals surface area contributed by atoms with Crippen LogP contribution in [0.25, 0.3) is 0 Å². The number of amidine groups is 1. The summed E-state index contributed by atoms with van der Waals surface area (Å²) in [5, 5.41) is 1.02. The van der Waals surface area contributed by atoms with E-state index in [4.69, 9.17) is 0 Å². The van der Waals surface area contributed by atoms with Crippen LogP contribution < -0.4 is 0 Å². The smallest absolute Gasteiger partial charge is 0.162 e. The first-order valence-electron chi connectivity index (χ1n) is 4.58. The molecular weight excluding hydrogens is 192 g/mol. The maximum atomic E-state index is 4.39. The van der Waals surface area contributed by atoms with E-state index < -0.39 is 0 Å². The largest absolute Gasteiger partial charge is 0.357 e. The molecule has 80 valence electrons. The maximum absolute atomic E-state index is 4.39. The fourth-order valence-electron chi connectivity index (χ4n) is 1.00. The van der Waals surface area contributed by atoms with Gasteiger partial charge in [-0.1, -0.05) is 23.4 Å². The van der Waals surface area contributed by atoms with Crippen molar-refractivity contribution < 1.29 is 0 Å². The molecule has 0 spiro atoms. The van der Waals surface area contributed by atoms with Crippen LogP contribution in [0.1, 0.15) is 20.8 Å². The highest BCUT2D eigenvalue weighted by Gasteiger charge is 1.96. The van der Waals surface area contributed by atoms with Crippen LogP contribution in [0.5, 0.6) is 0 Å². The Morgan fingerprint density at radius 3 is 2.14 bits per heavy atom. The Morgan fingerprint density at radius 1 is 1.21 bits per heavy atom. The zero-order valence-electron chi connectivity index (χ0n) is 9.96. The molecule has 14 heavy (non-hydrogen) atoms. The van der Waals surface area contributed by atoms with E-state index in [0.29, 0.717) is 0 Å². The van der Waals surface area contributed by atoms with Crippen LogP contribution in [0, 0.1) is 0 Å². The topological polar surface area (TPSA) is 15.6 Å². The molecular formula is C11H20N2S. The summed E-state index contributed by atoms with van der Waals surface area (Å²) in [5.74, 6) is 0. The highest BCUT2D eigenvalue weighted by atomic mass is 32.2. The highest BCUT2D eigenvalue weighted by molar-refractivity contribution is 8.13. The van der Waals surface area contributed by atoms with Crippen molar-refractivity contribution in [1.29, 1.82) is 0 Å². The quantitative estimate of drug-likeness (QED) is 0.397. The number of hydrogen-bond donors (Lipinski definition) is 0. The normalized spacial score (nSPS) is 12.7. The summed E-state index contributed by atoms with van der Waals surface area (Å²) >= 11 is 1.65. The molecule has 0 aromatic carbocycles. The van der Waals surface area contributed by atoms with Crippen LogP contribution in [0.2, 0.25) is 0 Å². The number of hydrogen-bond acceptors (Lipinski definition) is 2. The predicted molar refractivity (Wildman–Crippen MR) is 67.8 cm³/mol. The summed E-state index contributed by atoms with van der Waals surface area (Å²) in [6, 6.07) is 0. The standard InChI is InChI=1S/C11H20N2S/c1-9(2)7-10(3)8-12-11(14-6)13(4)5/h7-8H,1-6H3/b10-8+,12-11+. The van der Waals surface area contributed by atoms with Gasteiger partial charge in [-0.2, -0.15) is 0 Å². The Bertz CT molecular complexity index is 258. The van der Waals surface area contributed by atoms with Crippen LogP contribution in [0.3, 0.4) is 0 Å². The van der Waals surface area contributed by atoms with Gasteiger partial charge in [-0.25, -0.2) is 4.99 Å². The molecule has 0 fully saturated rings. The van der Waals surface area contributed by atoms with Gasteiger partial charge in [0.25, 0.3) is 0 Å². The van der Waals surface area contributed by atoms with Crippen molar-refractivity contribution in [2.24, 2.45) is 4.99 Å². The van der Waals surface area contributed by atoms with Crippen molar-refractivity contribution in [2.75, 3.05) is 20.4 Å². The summed E-state index contributed by atoms with van der Waals surface area (Å²) in [4.78, 5) is 6.40. The molecule has 0 aliphatic carbocycles. The van der Waals surface area contributed by atoms with E-state index in [2.05, 4.69) is 31.8 Å². The molecule has 0 saturated heterocycles. The van der Waals surface area contributed by atoms with Gasteiger partial charge in [0.15, 0.2) is 5.17 Å². The number of nitrogens with zero attached hydrogens (tertiary/aromatic N) is 2. The first-order chi connectivity index (χ1) is 6.47. The summed E-state index contributed by atoms with van der Waals surface area (Å²) in [5.41, 5.74) is 2.47. The number of thioether (sulfide) groups is 1. The maximum Gasteiger partial charge on any atom is 0.162 e. The van der Waals surface area contributed by atoms with Crippen molar-refractivity contribution in [3.05, 3.63) is 23.4 Å². The average molecular weight is 212 g/mol. The van der Waals surface area contributed by atoms with Gasteiger partial charge < -0.3 is 4.90 Å². The molecule has 0 bridgehead atoms. The third-order valence-corrected chi connectivity index (χ3v) is 2.30. The van der Waals surface area contributed by atoms with Gasteiger partial charge in [-0.05, 0) is 32.6 Å². The minimum Gasteiger partial charge on any atom is -0.357 e. The van der Waals surface area contributed by atoms with Crippen molar-refractivity contribution in [3.8, 4) is 0 Å². The average Bonchev–Trinajstić information content (AvgIpc) is 2.03. The van der Waals surface area contributed by atoms with Gasteiger partial charge in [-0.3, -0.25) is 0 Å². The molecule has 0 aliphatic rings. The molecule has 3 heteroatoms. The van der Waals surface area contributed by atoms with Gasteiger partial charge in [0.05, 0.1) is 0 Å². The molecule has 0 aliphatic heterocycles. The Kier molecular flexibility index (Phi) is 6.37. The van der Waals surface area contributed by atoms with Crippen molar-refractivity contribution in [2.45, 2.75) is 20.8 Å². The molecule has 0 saturated carbocycles. The van der Waals surface area contributed by atoms with E-state index in [1.54, 1.807) is 11.8 Å². The van der Waals surface area contributed by atoms with Gasteiger partial charge in [-0.15, -0.1) is 0 Å². The van der Waals surface area contributed by atoms with Crippen molar-refractivity contribution >= 4 is 16.9 Å². The van der Waals surface area contributed by atoms with Gasteiger partial charge >= 0.3 is 0 Å². The minimum absolute atomic E-state index is 1.02. The second-order valence-corrected chi connectivity index (χ2v) is 4.38. The first kappa shape index (κ1) is 13.3. The zero-order chi connectivity index (χ0) is 11.1. The zero-order valence-corrected chi connectivity index (χ0v) is 10.8. The van der Waals surface area contributed by atoms with E-state index in [1.807, 2.05) is 31.5 Å². The molecule has 0 aromatic rings. The lowest BCUT2D eigenvalue weighted by Gasteiger charge is -2.11. The van der Waals surface area contributed by atoms with Crippen LogP contribution in [0.4, 0.5) is 0 Å². The van der Waals surface area contributed by atoms with E-state index in [-0.39, 0.29) is 0 Å². The lowest BCUT2D eigenvalue weighted by molar-refractivity contribution is 0.636. The Balaban J connectivity index is 4.58. The van der Waals surface area contributed by atoms with Crippen molar-refractivity contribution in [3.63, 3.8) is 0 Å². The SMILES string of the molecule is CS/C(=N/C=C(\C)C=C(C)C)N(C)C. The summed E-state index contributed by atoms with van der Waals surface area (Å²) in [6.07, 6.45) is 6.05. The molecule has 0 heterocycles. The molecule has 0 N–H and O–H groups in total. The molecule has 0 atom stereocenters. The lowest BCUT2D eigenvalue weighted by Crippen LogP contribution is -2.17. The van der Waals surface area contributed by atoms with Crippen LogP contribution in [0.15, 0.2) is 28.4 Å². The van der Waals surface area contributed by atoms with E-state index in [0.717, 1.165) is 5.17 Å². The Morgan fingerprint density at radius 2 is 1.79 bits per heavy atom. The molecule has 0 aromatic heterocycles. The van der Waals surface area contributed by atoms with Gasteiger partial charge in [0.1, 0.15) is 0 Å². The van der Waals surface area contributed by atoms with Crippen LogP contribution >= 0.6 is 11.8 Å². The van der Waals surface area contributed by atoms with E-state index in [1.165, 1.54) is 11.1 Å². The number of aliphatic imine (C=N–C) groups is 1. The molecule has 0 radical (unpaired) electrons. The predicted octanol–water partition coefficient (Wildman–Crippen LogP) is 3.14. The monoisotopic (exact) mass is 212 g/mol. The van der Waals surface area contributed by atoms with Crippen LogP contribution in [-0.4, -0.2) is 30.4 Å². The second-order valence-electron chi connectivity index (χ2n) is 3.61. The van der Waals surface area contributed by atoms with Gasteiger partial charge in [0, 0.05) is 20.3 Å². The summed E-state index contributed by atoms with van der Waals surface area (Å²) in [6.45, 7) is 6.23. The van der Waals surface area contributed by atoms with Gasteiger partial charge in [0.2, 0.25) is 0 Å². The third-order valence-electron chi connectivity index (χ3n) is 1.46. The molecule has 2 nitrogen and oxygen atoms in total. The van der Waals surface area contributed by atoms with E-state index >= 15 is 0 Å². The Labute approximate surface area is 91.8 Å². The Hall–Kier alpha value is -0.700. The van der Waals surface area contributed by atoms with E-state index in [9.17, 15) is 0 Å². The summed E-state index contributed by atoms with van der Waals surface area (Å²) < 4.78 is 0. The number of allylic oxidation sites excluding steroid dienone is 3. The minimum atomic E-state index is 1.02. The molecule has 0 rings (SSSR count). The molecule has 0 amide bonds. The fraction of sp³-hybridized carbons (Fsp3) is 0.545. The first-order valence-corrected chi connectivity index (χ1v) is 5.80. The van der Waals surface area contributed by atoms with Crippen molar-refractivity contribution in [1.82, 2.24) is 4.90 Å². The fourth-order valence-corrected chi connectivity index (χ4v) is 1.52. The number of rotatable bonds is 2.